The molecule has 2 N–H and O–H groups in total. The van der Waals surface area contributed by atoms with Crippen LogP contribution in [0.15, 0.2) is 53.9 Å². The summed E-state index contributed by atoms with van der Waals surface area (Å²) in [5.41, 5.74) is 0.619. The van der Waals surface area contributed by atoms with Gasteiger partial charge in [-0.15, -0.1) is 10.2 Å². The van der Waals surface area contributed by atoms with E-state index < -0.39 is 10.0 Å². The highest BCUT2D eigenvalue weighted by Gasteiger charge is 2.22. The van der Waals surface area contributed by atoms with Crippen molar-refractivity contribution >= 4 is 10.0 Å². The topological polar surface area (TPSA) is 109 Å². The maximum atomic E-state index is 11.7. The average molecular weight is 304 g/mol. The fourth-order valence-corrected chi connectivity index (χ4v) is 2.58. The smallest absolute Gasteiger partial charge is 0.267 e. The van der Waals surface area contributed by atoms with E-state index in [0.717, 1.165) is 0 Å². The van der Waals surface area contributed by atoms with E-state index >= 15 is 0 Å². The minimum absolute atomic E-state index is 0.282. The number of aromatic nitrogens is 5. The lowest BCUT2D eigenvalue weighted by Gasteiger charge is -2.09. The second kappa shape index (κ2) is 5.11. The predicted molar refractivity (Wildman–Crippen MR) is 74.1 cm³/mol. The molecule has 2 heterocycles. The van der Waals surface area contributed by atoms with Gasteiger partial charge in [0, 0.05) is 18.1 Å². The van der Waals surface area contributed by atoms with Gasteiger partial charge in [0.15, 0.2) is 5.82 Å². The molecule has 8 nitrogen and oxygen atoms in total. The van der Waals surface area contributed by atoms with Crippen molar-refractivity contribution in [3.05, 3.63) is 54.6 Å². The van der Waals surface area contributed by atoms with Gasteiger partial charge >= 0.3 is 0 Å². The third-order valence-electron chi connectivity index (χ3n) is 2.83. The summed E-state index contributed by atoms with van der Waals surface area (Å²) in [6, 6.07) is 10.7. The lowest BCUT2D eigenvalue weighted by molar-refractivity contribution is 0.582. The van der Waals surface area contributed by atoms with Crippen LogP contribution in [0.2, 0.25) is 0 Å². The highest BCUT2D eigenvalue weighted by atomic mass is 32.2. The van der Waals surface area contributed by atoms with E-state index in [-0.39, 0.29) is 11.7 Å². The summed E-state index contributed by atoms with van der Waals surface area (Å²) >= 11 is 0. The van der Waals surface area contributed by atoms with E-state index in [9.17, 15) is 8.42 Å². The van der Waals surface area contributed by atoms with Crippen LogP contribution in [0.3, 0.4) is 0 Å². The maximum absolute atomic E-state index is 11.7. The Labute approximate surface area is 120 Å². The zero-order chi connectivity index (χ0) is 14.9. The summed E-state index contributed by atoms with van der Waals surface area (Å²) in [6.45, 7) is 0.282. The molecule has 0 aliphatic heterocycles. The Bertz CT molecular complexity index is 839. The second-order valence-electron chi connectivity index (χ2n) is 4.32. The van der Waals surface area contributed by atoms with Gasteiger partial charge in [0.1, 0.15) is 6.54 Å². The molecule has 0 amide bonds. The fraction of sp³-hybridized carbons (Fsp3) is 0.0833. The highest BCUT2D eigenvalue weighted by Crippen LogP contribution is 2.16. The molecule has 0 aliphatic rings. The SMILES string of the molecule is NS(=O)(=O)c1nnc(Cn2cccn2)n1-c1ccccc1. The van der Waals surface area contributed by atoms with Gasteiger partial charge in [-0.05, 0) is 18.2 Å². The van der Waals surface area contributed by atoms with Crippen molar-refractivity contribution in [1.82, 2.24) is 24.5 Å². The van der Waals surface area contributed by atoms with E-state index in [1.54, 1.807) is 47.4 Å². The molecule has 108 valence electrons. The summed E-state index contributed by atoms with van der Waals surface area (Å²) in [7, 11) is -3.98. The van der Waals surface area contributed by atoms with Gasteiger partial charge in [-0.2, -0.15) is 5.10 Å². The fourth-order valence-electron chi connectivity index (χ4n) is 1.96. The van der Waals surface area contributed by atoms with Crippen LogP contribution in [0, 0.1) is 0 Å². The van der Waals surface area contributed by atoms with Gasteiger partial charge in [0.25, 0.3) is 15.2 Å². The molecule has 0 saturated heterocycles. The van der Waals surface area contributed by atoms with E-state index in [4.69, 9.17) is 5.14 Å². The molecule has 21 heavy (non-hydrogen) atoms. The third-order valence-corrected chi connectivity index (χ3v) is 3.61. The molecule has 0 fully saturated rings. The molecule has 3 rings (SSSR count). The number of primary sulfonamides is 1. The molecular formula is C12H12N6O2S. The van der Waals surface area contributed by atoms with Gasteiger partial charge in [-0.3, -0.25) is 9.25 Å². The first-order chi connectivity index (χ1) is 10.1. The minimum atomic E-state index is -3.98. The number of rotatable bonds is 4. The maximum Gasteiger partial charge on any atom is 0.274 e. The highest BCUT2D eigenvalue weighted by molar-refractivity contribution is 7.89. The van der Waals surface area contributed by atoms with Crippen LogP contribution in [0.5, 0.6) is 0 Å². The first-order valence-corrected chi connectivity index (χ1v) is 7.60. The van der Waals surface area contributed by atoms with Crippen LogP contribution in [-0.2, 0) is 16.6 Å². The summed E-state index contributed by atoms with van der Waals surface area (Å²) in [6.07, 6.45) is 3.38. The second-order valence-corrected chi connectivity index (χ2v) is 5.77. The molecule has 0 atom stereocenters. The molecule has 0 aliphatic carbocycles. The van der Waals surface area contributed by atoms with Crippen LogP contribution in [0.4, 0.5) is 0 Å². The van der Waals surface area contributed by atoms with Crippen molar-refractivity contribution in [2.24, 2.45) is 5.14 Å². The molecule has 2 aromatic heterocycles. The third kappa shape index (κ3) is 2.69. The van der Waals surface area contributed by atoms with Crippen molar-refractivity contribution in [2.75, 3.05) is 0 Å². The Balaban J connectivity index is 2.15. The first kappa shape index (κ1) is 13.5. The zero-order valence-electron chi connectivity index (χ0n) is 10.9. The molecular weight excluding hydrogens is 292 g/mol. The lowest BCUT2D eigenvalue weighted by Crippen LogP contribution is -2.19. The number of para-hydroxylation sites is 1. The van der Waals surface area contributed by atoms with Crippen molar-refractivity contribution in [1.29, 1.82) is 0 Å². The Kier molecular flexibility index (Phi) is 3.28. The predicted octanol–water partition coefficient (Wildman–Crippen LogP) is 0.160. The average Bonchev–Trinajstić information content (AvgIpc) is 3.09. The Hall–Kier alpha value is -2.52. The molecule has 0 spiro atoms. The molecule has 3 aromatic rings. The van der Waals surface area contributed by atoms with Gasteiger partial charge in [-0.1, -0.05) is 18.2 Å². The summed E-state index contributed by atoms with van der Waals surface area (Å²) in [4.78, 5) is 0. The minimum Gasteiger partial charge on any atom is -0.267 e. The summed E-state index contributed by atoms with van der Waals surface area (Å²) in [5, 5.41) is 16.6. The molecule has 0 unspecified atom stereocenters. The summed E-state index contributed by atoms with van der Waals surface area (Å²) < 4.78 is 26.4. The number of nitrogens with zero attached hydrogens (tertiary/aromatic N) is 5. The normalized spacial score (nSPS) is 11.7. The van der Waals surface area contributed by atoms with Crippen molar-refractivity contribution < 1.29 is 8.42 Å². The Morgan fingerprint density at radius 3 is 2.48 bits per heavy atom. The van der Waals surface area contributed by atoms with E-state index in [1.807, 2.05) is 6.07 Å². The number of benzene rings is 1. The van der Waals surface area contributed by atoms with E-state index in [0.29, 0.717) is 11.5 Å². The van der Waals surface area contributed by atoms with Gasteiger partial charge < -0.3 is 0 Å². The molecule has 0 bridgehead atoms. The monoisotopic (exact) mass is 304 g/mol. The summed E-state index contributed by atoms with van der Waals surface area (Å²) in [5.74, 6) is 0.425. The molecule has 0 saturated carbocycles. The van der Waals surface area contributed by atoms with Crippen LogP contribution in [0.1, 0.15) is 5.82 Å². The van der Waals surface area contributed by atoms with Crippen molar-refractivity contribution in [3.8, 4) is 5.69 Å². The van der Waals surface area contributed by atoms with Gasteiger partial charge in [0.2, 0.25) is 0 Å². The molecule has 1 aromatic carbocycles. The number of hydrogen-bond acceptors (Lipinski definition) is 5. The van der Waals surface area contributed by atoms with Gasteiger partial charge in [0.05, 0.1) is 0 Å². The number of nitrogens with two attached hydrogens (primary N) is 1. The van der Waals surface area contributed by atoms with Crippen LogP contribution in [-0.4, -0.2) is 33.0 Å². The number of sulfonamides is 1. The largest absolute Gasteiger partial charge is 0.274 e. The Morgan fingerprint density at radius 2 is 1.86 bits per heavy atom. The zero-order valence-corrected chi connectivity index (χ0v) is 11.7. The van der Waals surface area contributed by atoms with E-state index in [2.05, 4.69) is 15.3 Å². The standard InChI is InChI=1S/C12H12N6O2S/c13-21(19,20)12-16-15-11(9-17-8-4-7-14-17)18(12)10-5-2-1-3-6-10/h1-8H,9H2,(H2,13,19,20). The van der Waals surface area contributed by atoms with Crippen LogP contribution in [0.25, 0.3) is 5.69 Å². The van der Waals surface area contributed by atoms with Crippen molar-refractivity contribution in [2.45, 2.75) is 11.7 Å². The quantitative estimate of drug-likeness (QED) is 0.738. The van der Waals surface area contributed by atoms with E-state index in [1.165, 1.54) is 4.57 Å². The van der Waals surface area contributed by atoms with Crippen LogP contribution >= 0.6 is 0 Å². The number of hydrogen-bond donors (Lipinski definition) is 1. The first-order valence-electron chi connectivity index (χ1n) is 6.05. The van der Waals surface area contributed by atoms with Crippen molar-refractivity contribution in [3.63, 3.8) is 0 Å². The Morgan fingerprint density at radius 1 is 1.10 bits per heavy atom. The van der Waals surface area contributed by atoms with Crippen LogP contribution < -0.4 is 5.14 Å². The molecule has 9 heteroatoms. The lowest BCUT2D eigenvalue weighted by atomic mass is 10.3. The van der Waals surface area contributed by atoms with Gasteiger partial charge in [-0.25, -0.2) is 13.6 Å². The molecule has 0 radical (unpaired) electrons.